The van der Waals surface area contributed by atoms with Crippen LogP contribution in [0.2, 0.25) is 0 Å². The Kier molecular flexibility index (Phi) is 3.17. The topological polar surface area (TPSA) is 77.2 Å². The van der Waals surface area contributed by atoms with E-state index in [4.69, 9.17) is 5.73 Å². The molecule has 1 aromatic heterocycles. The Morgan fingerprint density at radius 3 is 3.00 bits per heavy atom. The van der Waals surface area contributed by atoms with Crippen LogP contribution in [-0.2, 0) is 4.74 Å². The minimum absolute atomic E-state index is 0.276. The molecule has 92 valence electrons. The summed E-state index contributed by atoms with van der Waals surface area (Å²) in [7, 11) is 1.33. The molecule has 0 radical (unpaired) electrons. The fourth-order valence-electron chi connectivity index (χ4n) is 1.85. The molecule has 0 bridgehead atoms. The first-order valence-corrected chi connectivity index (χ1v) is 5.77. The predicted molar refractivity (Wildman–Crippen MR) is 65.8 cm³/mol. The summed E-state index contributed by atoms with van der Waals surface area (Å²) < 4.78 is 4.62. The molecule has 2 atom stereocenters. The first-order valence-electron chi connectivity index (χ1n) is 5.77. The lowest BCUT2D eigenvalue weighted by atomic mass is 10.3. The second-order valence-electron chi connectivity index (χ2n) is 4.28. The second kappa shape index (κ2) is 4.61. The number of esters is 1. The molecule has 0 spiro atoms. The number of hydrogen-bond acceptors (Lipinski definition) is 5. The predicted octanol–water partition coefficient (Wildman–Crippen LogP) is 1.66. The molecule has 1 fully saturated rings. The molecule has 2 rings (SSSR count). The van der Waals surface area contributed by atoms with E-state index in [9.17, 15) is 4.79 Å². The molecule has 5 heteroatoms. The van der Waals surface area contributed by atoms with E-state index in [0.717, 1.165) is 12.8 Å². The largest absolute Gasteiger partial charge is 0.464 e. The van der Waals surface area contributed by atoms with Crippen LogP contribution in [-0.4, -0.2) is 24.1 Å². The maximum atomic E-state index is 11.3. The van der Waals surface area contributed by atoms with Gasteiger partial charge in [0.1, 0.15) is 5.82 Å². The number of nitrogens with zero attached hydrogens (tertiary/aromatic N) is 1. The van der Waals surface area contributed by atoms with Gasteiger partial charge in [-0.05, 0) is 24.5 Å². The minimum Gasteiger partial charge on any atom is -0.464 e. The number of anilines is 2. The van der Waals surface area contributed by atoms with Gasteiger partial charge in [0.2, 0.25) is 0 Å². The molecular weight excluding hydrogens is 218 g/mol. The van der Waals surface area contributed by atoms with Crippen LogP contribution in [0.3, 0.4) is 0 Å². The fourth-order valence-corrected chi connectivity index (χ4v) is 1.85. The van der Waals surface area contributed by atoms with Crippen LogP contribution in [0.4, 0.5) is 11.5 Å². The zero-order valence-electron chi connectivity index (χ0n) is 10.1. The van der Waals surface area contributed by atoms with E-state index in [0.29, 0.717) is 23.5 Å². The summed E-state index contributed by atoms with van der Waals surface area (Å²) in [5, 5.41) is 3.26. The third-order valence-corrected chi connectivity index (χ3v) is 3.09. The first kappa shape index (κ1) is 11.7. The zero-order valence-corrected chi connectivity index (χ0v) is 10.1. The lowest BCUT2D eigenvalue weighted by Gasteiger charge is -2.09. The summed E-state index contributed by atoms with van der Waals surface area (Å²) in [4.78, 5) is 15.5. The van der Waals surface area contributed by atoms with Crippen molar-refractivity contribution in [3.8, 4) is 0 Å². The van der Waals surface area contributed by atoms with Crippen molar-refractivity contribution in [3.05, 3.63) is 17.8 Å². The minimum atomic E-state index is -0.448. The number of hydrogen-bond donors (Lipinski definition) is 2. The Morgan fingerprint density at radius 2 is 2.41 bits per heavy atom. The van der Waals surface area contributed by atoms with E-state index >= 15 is 0 Å². The highest BCUT2D eigenvalue weighted by molar-refractivity contribution is 5.88. The number of nitrogens with one attached hydrogen (secondary N) is 1. The van der Waals surface area contributed by atoms with Gasteiger partial charge in [-0.3, -0.25) is 0 Å². The van der Waals surface area contributed by atoms with Gasteiger partial charge in [-0.25, -0.2) is 9.78 Å². The van der Waals surface area contributed by atoms with Crippen LogP contribution in [0.15, 0.2) is 12.1 Å². The van der Waals surface area contributed by atoms with E-state index in [2.05, 4.69) is 22.0 Å². The molecule has 1 aromatic rings. The monoisotopic (exact) mass is 235 g/mol. The van der Waals surface area contributed by atoms with Gasteiger partial charge in [-0.15, -0.1) is 0 Å². The molecule has 1 aliphatic rings. The van der Waals surface area contributed by atoms with Crippen molar-refractivity contribution in [3.63, 3.8) is 0 Å². The SMILES string of the molecule is CCC1CC1Nc1nc(C(=O)OC)ccc1N. The molecule has 1 aliphatic carbocycles. The van der Waals surface area contributed by atoms with Gasteiger partial charge in [0.25, 0.3) is 0 Å². The van der Waals surface area contributed by atoms with Gasteiger partial charge in [-0.2, -0.15) is 0 Å². The summed E-state index contributed by atoms with van der Waals surface area (Å²) in [5.41, 5.74) is 6.65. The number of ether oxygens (including phenoxy) is 1. The second-order valence-corrected chi connectivity index (χ2v) is 4.28. The Labute approximate surface area is 100 Å². The van der Waals surface area contributed by atoms with Gasteiger partial charge < -0.3 is 15.8 Å². The van der Waals surface area contributed by atoms with E-state index in [-0.39, 0.29) is 5.69 Å². The number of rotatable bonds is 4. The summed E-state index contributed by atoms with van der Waals surface area (Å²) in [6.45, 7) is 2.16. The number of aromatic nitrogens is 1. The van der Waals surface area contributed by atoms with E-state index < -0.39 is 5.97 Å². The molecule has 3 N–H and O–H groups in total. The first-order chi connectivity index (χ1) is 8.15. The van der Waals surface area contributed by atoms with E-state index in [1.54, 1.807) is 12.1 Å². The fraction of sp³-hybridized carbons (Fsp3) is 0.500. The van der Waals surface area contributed by atoms with Gasteiger partial charge in [0.05, 0.1) is 12.8 Å². The summed E-state index contributed by atoms with van der Waals surface area (Å²) in [6.07, 6.45) is 2.29. The molecule has 2 unspecified atom stereocenters. The molecule has 5 nitrogen and oxygen atoms in total. The van der Waals surface area contributed by atoms with E-state index in [1.807, 2.05) is 0 Å². The quantitative estimate of drug-likeness (QED) is 0.776. The van der Waals surface area contributed by atoms with Gasteiger partial charge in [-0.1, -0.05) is 13.3 Å². The van der Waals surface area contributed by atoms with Crippen LogP contribution in [0, 0.1) is 5.92 Å². The highest BCUT2D eigenvalue weighted by Crippen LogP contribution is 2.36. The van der Waals surface area contributed by atoms with Crippen molar-refractivity contribution < 1.29 is 9.53 Å². The highest BCUT2D eigenvalue weighted by Gasteiger charge is 2.35. The van der Waals surface area contributed by atoms with E-state index in [1.165, 1.54) is 7.11 Å². The number of carbonyl (C=O) groups is 1. The highest BCUT2D eigenvalue weighted by atomic mass is 16.5. The maximum Gasteiger partial charge on any atom is 0.356 e. The third-order valence-electron chi connectivity index (χ3n) is 3.09. The third kappa shape index (κ3) is 2.49. The lowest BCUT2D eigenvalue weighted by Crippen LogP contribution is -2.12. The summed E-state index contributed by atoms with van der Waals surface area (Å²) in [6, 6.07) is 3.67. The number of carbonyl (C=O) groups excluding carboxylic acids is 1. The standard InChI is InChI=1S/C12H17N3O2/c1-3-7-6-10(7)15-11-8(13)4-5-9(14-11)12(16)17-2/h4-5,7,10H,3,6,13H2,1-2H3,(H,14,15). The van der Waals surface area contributed by atoms with Gasteiger partial charge in [0.15, 0.2) is 5.69 Å². The molecular formula is C12H17N3O2. The van der Waals surface area contributed by atoms with Crippen molar-refractivity contribution in [1.82, 2.24) is 4.98 Å². The average Bonchev–Trinajstić information content (AvgIpc) is 3.09. The number of pyridine rings is 1. The molecule has 1 saturated carbocycles. The molecule has 0 aliphatic heterocycles. The smallest absolute Gasteiger partial charge is 0.356 e. The number of nitrogens with two attached hydrogens (primary N) is 1. The lowest BCUT2D eigenvalue weighted by molar-refractivity contribution is 0.0594. The Hall–Kier alpha value is -1.78. The van der Waals surface area contributed by atoms with Gasteiger partial charge >= 0.3 is 5.97 Å². The van der Waals surface area contributed by atoms with Crippen LogP contribution < -0.4 is 11.1 Å². The summed E-state index contributed by atoms with van der Waals surface area (Å²) >= 11 is 0. The van der Waals surface area contributed by atoms with Crippen molar-refractivity contribution in [2.75, 3.05) is 18.2 Å². The van der Waals surface area contributed by atoms with Crippen LogP contribution in [0.1, 0.15) is 30.3 Å². The van der Waals surface area contributed by atoms with Crippen molar-refractivity contribution in [2.45, 2.75) is 25.8 Å². The zero-order chi connectivity index (χ0) is 12.4. The maximum absolute atomic E-state index is 11.3. The molecule has 17 heavy (non-hydrogen) atoms. The Bertz CT molecular complexity index is 434. The Balaban J connectivity index is 2.13. The molecule has 0 amide bonds. The average molecular weight is 235 g/mol. The van der Waals surface area contributed by atoms with Gasteiger partial charge in [0, 0.05) is 6.04 Å². The van der Waals surface area contributed by atoms with Crippen molar-refractivity contribution in [2.24, 2.45) is 5.92 Å². The Morgan fingerprint density at radius 1 is 1.65 bits per heavy atom. The summed E-state index contributed by atoms with van der Waals surface area (Å²) in [5.74, 6) is 0.822. The number of methoxy groups -OCH3 is 1. The van der Waals surface area contributed by atoms with Crippen LogP contribution in [0.5, 0.6) is 0 Å². The molecule has 0 saturated heterocycles. The van der Waals surface area contributed by atoms with Crippen molar-refractivity contribution >= 4 is 17.5 Å². The molecule has 1 heterocycles. The van der Waals surface area contributed by atoms with Crippen LogP contribution in [0.25, 0.3) is 0 Å². The molecule has 0 aromatic carbocycles. The van der Waals surface area contributed by atoms with Crippen LogP contribution >= 0.6 is 0 Å². The normalized spacial score (nSPS) is 22.0. The number of nitrogen functional groups attached to an aromatic ring is 1. The van der Waals surface area contributed by atoms with Crippen molar-refractivity contribution in [1.29, 1.82) is 0 Å².